The highest BCUT2D eigenvalue weighted by atomic mass is 19.4. The smallest absolute Gasteiger partial charge is 0.347 e. The molecule has 170 valence electrons. The lowest BCUT2D eigenvalue weighted by atomic mass is 9.85. The molecule has 4 rings (SSSR count). The van der Waals surface area contributed by atoms with Crippen LogP contribution in [-0.2, 0) is 4.79 Å². The van der Waals surface area contributed by atoms with Crippen LogP contribution in [0.2, 0.25) is 0 Å². The van der Waals surface area contributed by atoms with Gasteiger partial charge in [-0.25, -0.2) is 0 Å². The van der Waals surface area contributed by atoms with Gasteiger partial charge in [0.25, 0.3) is 5.91 Å². The predicted molar refractivity (Wildman–Crippen MR) is 120 cm³/mol. The molecule has 0 radical (unpaired) electrons. The molecule has 2 atom stereocenters. The zero-order valence-corrected chi connectivity index (χ0v) is 17.8. The second kappa shape index (κ2) is 9.48. The fourth-order valence-electron chi connectivity index (χ4n) is 4.26. The molecule has 1 N–H and O–H groups in total. The van der Waals surface area contributed by atoms with Crippen LogP contribution in [0.25, 0.3) is 11.1 Å². The first-order valence-electron chi connectivity index (χ1n) is 10.7. The van der Waals surface area contributed by atoms with E-state index in [0.717, 1.165) is 21.6 Å². The molecule has 0 saturated carbocycles. The number of likely N-dealkylation sites (tertiary alicyclic amines) is 1. The van der Waals surface area contributed by atoms with E-state index in [1.807, 2.05) is 72.8 Å². The SMILES string of the molecule is O=C(N[C@H]1CN(C(=O)C(F)(F)F)CC[C@@H]1c1ccccc1)c1ccc(-c2ccccc2)cc1. The van der Waals surface area contributed by atoms with Gasteiger partial charge in [-0.3, -0.25) is 9.59 Å². The summed E-state index contributed by atoms with van der Waals surface area (Å²) >= 11 is 0. The number of hydrogen-bond acceptors (Lipinski definition) is 2. The highest BCUT2D eigenvalue weighted by Gasteiger charge is 2.45. The highest BCUT2D eigenvalue weighted by molar-refractivity contribution is 5.95. The molecular weight excluding hydrogens is 429 g/mol. The number of rotatable bonds is 4. The molecule has 1 fully saturated rings. The molecule has 1 aliphatic rings. The molecule has 7 heteroatoms. The minimum absolute atomic E-state index is 0.0178. The van der Waals surface area contributed by atoms with Gasteiger partial charge in [0.05, 0.1) is 6.04 Å². The predicted octanol–water partition coefficient (Wildman–Crippen LogP) is 5.03. The minimum atomic E-state index is -4.94. The van der Waals surface area contributed by atoms with E-state index in [4.69, 9.17) is 0 Å². The fraction of sp³-hybridized carbons (Fsp3) is 0.231. The number of nitrogens with one attached hydrogen (secondary N) is 1. The van der Waals surface area contributed by atoms with E-state index in [1.165, 1.54) is 0 Å². The van der Waals surface area contributed by atoms with Crippen LogP contribution >= 0.6 is 0 Å². The lowest BCUT2D eigenvalue weighted by Crippen LogP contribution is -2.55. The quantitative estimate of drug-likeness (QED) is 0.604. The Kier molecular flexibility index (Phi) is 6.49. The first-order valence-corrected chi connectivity index (χ1v) is 10.7. The van der Waals surface area contributed by atoms with Crippen LogP contribution in [0.15, 0.2) is 84.9 Å². The first kappa shape index (κ1) is 22.6. The van der Waals surface area contributed by atoms with Crippen molar-refractivity contribution in [3.8, 4) is 11.1 Å². The molecule has 1 aliphatic heterocycles. The topological polar surface area (TPSA) is 49.4 Å². The summed E-state index contributed by atoms with van der Waals surface area (Å²) in [5.41, 5.74) is 3.29. The molecule has 1 saturated heterocycles. The van der Waals surface area contributed by atoms with Gasteiger partial charge in [0.1, 0.15) is 0 Å². The Bertz CT molecular complexity index is 1100. The molecule has 0 bridgehead atoms. The third-order valence-corrected chi connectivity index (χ3v) is 5.94. The van der Waals surface area contributed by atoms with Crippen molar-refractivity contribution < 1.29 is 22.8 Å². The van der Waals surface area contributed by atoms with Crippen LogP contribution in [0.5, 0.6) is 0 Å². The Balaban J connectivity index is 1.53. The van der Waals surface area contributed by atoms with Gasteiger partial charge in [0, 0.05) is 24.6 Å². The molecular formula is C26H23F3N2O2. The average molecular weight is 452 g/mol. The molecule has 3 aromatic carbocycles. The number of carbonyl (C=O) groups excluding carboxylic acids is 2. The monoisotopic (exact) mass is 452 g/mol. The van der Waals surface area contributed by atoms with Crippen LogP contribution < -0.4 is 5.32 Å². The molecule has 1 heterocycles. The third kappa shape index (κ3) is 5.25. The Morgan fingerprint density at radius 1 is 0.818 bits per heavy atom. The largest absolute Gasteiger partial charge is 0.471 e. The number of piperidine rings is 1. The molecule has 33 heavy (non-hydrogen) atoms. The maximum Gasteiger partial charge on any atom is 0.471 e. The number of alkyl halides is 3. The van der Waals surface area contributed by atoms with E-state index in [1.54, 1.807) is 12.1 Å². The first-order chi connectivity index (χ1) is 15.8. The standard InChI is InChI=1S/C26H23F3N2O2/c27-26(28,29)25(33)31-16-15-22(20-9-5-2-6-10-20)23(17-31)30-24(32)21-13-11-19(12-14-21)18-7-3-1-4-8-18/h1-14,22-23H,15-17H2,(H,30,32)/t22-,23+/m1/s1. The van der Waals surface area contributed by atoms with E-state index < -0.39 is 18.1 Å². The van der Waals surface area contributed by atoms with Crippen molar-refractivity contribution in [2.45, 2.75) is 24.6 Å². The molecule has 4 nitrogen and oxygen atoms in total. The summed E-state index contributed by atoms with van der Waals surface area (Å²) in [5, 5.41) is 2.88. The Morgan fingerprint density at radius 2 is 1.39 bits per heavy atom. The van der Waals surface area contributed by atoms with Crippen molar-refractivity contribution in [1.82, 2.24) is 10.2 Å². The third-order valence-electron chi connectivity index (χ3n) is 5.94. The van der Waals surface area contributed by atoms with Crippen LogP contribution in [0.4, 0.5) is 13.2 Å². The van der Waals surface area contributed by atoms with Gasteiger partial charge in [-0.05, 0) is 35.2 Å². The van der Waals surface area contributed by atoms with Crippen LogP contribution in [0.3, 0.4) is 0 Å². The van der Waals surface area contributed by atoms with Crippen LogP contribution in [0, 0.1) is 0 Å². The Labute approximate surface area is 190 Å². The molecule has 3 aromatic rings. The summed E-state index contributed by atoms with van der Waals surface area (Å²) in [6.07, 6.45) is -4.62. The summed E-state index contributed by atoms with van der Waals surface area (Å²) in [5.74, 6) is -2.46. The molecule has 0 aliphatic carbocycles. The maximum atomic E-state index is 13.0. The van der Waals surface area contributed by atoms with Crippen molar-refractivity contribution in [3.63, 3.8) is 0 Å². The number of halogens is 3. The number of nitrogens with zero attached hydrogens (tertiary/aromatic N) is 1. The number of carbonyl (C=O) groups is 2. The number of benzene rings is 3. The zero-order chi connectivity index (χ0) is 23.4. The lowest BCUT2D eigenvalue weighted by Gasteiger charge is -2.39. The lowest BCUT2D eigenvalue weighted by molar-refractivity contribution is -0.186. The van der Waals surface area contributed by atoms with E-state index in [9.17, 15) is 22.8 Å². The zero-order valence-electron chi connectivity index (χ0n) is 17.8. The van der Waals surface area contributed by atoms with Gasteiger partial charge in [-0.1, -0.05) is 72.8 Å². The number of amides is 2. The summed E-state index contributed by atoms with van der Waals surface area (Å²) in [4.78, 5) is 25.6. The Hall–Kier alpha value is -3.61. The molecule has 2 amide bonds. The van der Waals surface area contributed by atoms with Gasteiger partial charge in [0.15, 0.2) is 0 Å². The molecule has 0 aromatic heterocycles. The van der Waals surface area contributed by atoms with Gasteiger partial charge in [-0.15, -0.1) is 0 Å². The highest BCUT2D eigenvalue weighted by Crippen LogP contribution is 2.31. The van der Waals surface area contributed by atoms with E-state index >= 15 is 0 Å². The van der Waals surface area contributed by atoms with Crippen molar-refractivity contribution >= 4 is 11.8 Å². The van der Waals surface area contributed by atoms with Gasteiger partial charge >= 0.3 is 12.1 Å². The van der Waals surface area contributed by atoms with Gasteiger partial charge < -0.3 is 10.2 Å². The average Bonchev–Trinajstić information content (AvgIpc) is 2.84. The van der Waals surface area contributed by atoms with Crippen molar-refractivity contribution in [1.29, 1.82) is 0 Å². The van der Waals surface area contributed by atoms with Gasteiger partial charge in [-0.2, -0.15) is 13.2 Å². The summed E-state index contributed by atoms with van der Waals surface area (Å²) in [7, 11) is 0. The summed E-state index contributed by atoms with van der Waals surface area (Å²) in [6, 6.07) is 25.4. The van der Waals surface area contributed by atoms with E-state index in [2.05, 4.69) is 5.32 Å². The number of hydrogen-bond donors (Lipinski definition) is 1. The van der Waals surface area contributed by atoms with Crippen molar-refractivity contribution in [2.24, 2.45) is 0 Å². The maximum absolute atomic E-state index is 13.0. The second-order valence-electron chi connectivity index (χ2n) is 8.08. The van der Waals surface area contributed by atoms with E-state index in [-0.39, 0.29) is 24.9 Å². The summed E-state index contributed by atoms with van der Waals surface area (Å²) in [6.45, 7) is -0.220. The second-order valence-corrected chi connectivity index (χ2v) is 8.08. The fourth-order valence-corrected chi connectivity index (χ4v) is 4.26. The minimum Gasteiger partial charge on any atom is -0.347 e. The molecule has 0 unspecified atom stereocenters. The van der Waals surface area contributed by atoms with Crippen LogP contribution in [0.1, 0.15) is 28.3 Å². The van der Waals surface area contributed by atoms with Crippen molar-refractivity contribution in [3.05, 3.63) is 96.1 Å². The van der Waals surface area contributed by atoms with Crippen molar-refractivity contribution in [2.75, 3.05) is 13.1 Å². The normalized spacial score (nSPS) is 18.6. The van der Waals surface area contributed by atoms with Crippen LogP contribution in [-0.4, -0.2) is 42.0 Å². The molecule has 0 spiro atoms. The summed E-state index contributed by atoms with van der Waals surface area (Å²) < 4.78 is 39.0. The van der Waals surface area contributed by atoms with Gasteiger partial charge in [0.2, 0.25) is 0 Å². The van der Waals surface area contributed by atoms with E-state index in [0.29, 0.717) is 12.0 Å². The Morgan fingerprint density at radius 3 is 2.00 bits per heavy atom.